The molecular weight excluding hydrogens is 318 g/mol. The fourth-order valence-corrected chi connectivity index (χ4v) is 2.95. The van der Waals surface area contributed by atoms with Crippen LogP contribution in [0.3, 0.4) is 0 Å². The van der Waals surface area contributed by atoms with Gasteiger partial charge in [-0.25, -0.2) is 0 Å². The fraction of sp³-hybridized carbons (Fsp3) is 0.235. The van der Waals surface area contributed by atoms with Crippen molar-refractivity contribution >= 4 is 35.0 Å². The van der Waals surface area contributed by atoms with Crippen LogP contribution in [0.5, 0.6) is 5.75 Å². The summed E-state index contributed by atoms with van der Waals surface area (Å²) in [5.74, 6) is 2.03. The Morgan fingerprint density at radius 3 is 2.59 bits per heavy atom. The highest BCUT2D eigenvalue weighted by Gasteiger charge is 2.06. The van der Waals surface area contributed by atoms with Gasteiger partial charge in [0.1, 0.15) is 5.75 Å². The molecule has 0 heterocycles. The lowest BCUT2D eigenvalue weighted by Crippen LogP contribution is -2.14. The van der Waals surface area contributed by atoms with Gasteiger partial charge in [-0.1, -0.05) is 23.7 Å². The van der Waals surface area contributed by atoms with Gasteiger partial charge in [0.15, 0.2) is 0 Å². The Balaban J connectivity index is 1.79. The minimum Gasteiger partial charge on any atom is -0.497 e. The van der Waals surface area contributed by atoms with Gasteiger partial charge in [-0.15, -0.1) is 11.8 Å². The van der Waals surface area contributed by atoms with Gasteiger partial charge in [-0.05, 0) is 48.4 Å². The van der Waals surface area contributed by atoms with Crippen LogP contribution >= 0.6 is 23.4 Å². The maximum Gasteiger partial charge on any atom is 0.234 e. The van der Waals surface area contributed by atoms with Gasteiger partial charge in [0, 0.05) is 16.5 Å². The molecule has 0 spiro atoms. The molecule has 0 bridgehead atoms. The Morgan fingerprint density at radius 1 is 1.23 bits per heavy atom. The SMILES string of the molecule is COc1ccc(CSCC(=O)Nc2ccc(Cl)cc2C)cc1. The zero-order valence-electron chi connectivity index (χ0n) is 12.6. The third kappa shape index (κ3) is 4.97. The summed E-state index contributed by atoms with van der Waals surface area (Å²) in [5, 5.41) is 3.57. The number of carbonyl (C=O) groups excluding carboxylic acids is 1. The number of benzene rings is 2. The van der Waals surface area contributed by atoms with Crippen molar-refractivity contribution in [3.63, 3.8) is 0 Å². The van der Waals surface area contributed by atoms with Crippen molar-refractivity contribution in [3.8, 4) is 5.75 Å². The average Bonchev–Trinajstić information content (AvgIpc) is 2.51. The molecule has 0 aliphatic rings. The standard InChI is InChI=1S/C17H18ClNO2S/c1-12-9-14(18)5-8-16(12)19-17(20)11-22-10-13-3-6-15(21-2)7-4-13/h3-9H,10-11H2,1-2H3,(H,19,20). The van der Waals surface area contributed by atoms with Gasteiger partial charge in [0.2, 0.25) is 5.91 Å². The summed E-state index contributed by atoms with van der Waals surface area (Å²) in [6.45, 7) is 1.92. The normalized spacial score (nSPS) is 10.3. The van der Waals surface area contributed by atoms with Crippen molar-refractivity contribution < 1.29 is 9.53 Å². The molecule has 1 amide bonds. The van der Waals surface area contributed by atoms with E-state index in [1.807, 2.05) is 43.3 Å². The van der Waals surface area contributed by atoms with Crippen LogP contribution in [-0.4, -0.2) is 18.8 Å². The number of hydrogen-bond donors (Lipinski definition) is 1. The minimum absolute atomic E-state index is 0.0102. The second kappa shape index (κ2) is 8.11. The van der Waals surface area contributed by atoms with E-state index in [4.69, 9.17) is 16.3 Å². The van der Waals surface area contributed by atoms with Crippen LogP contribution in [0, 0.1) is 6.92 Å². The fourth-order valence-electron chi connectivity index (χ4n) is 1.94. The van der Waals surface area contributed by atoms with Gasteiger partial charge in [0.25, 0.3) is 0 Å². The zero-order chi connectivity index (χ0) is 15.9. The first-order valence-corrected chi connectivity index (χ1v) is 8.38. The Morgan fingerprint density at radius 2 is 1.95 bits per heavy atom. The Kier molecular flexibility index (Phi) is 6.16. The number of hydrogen-bond acceptors (Lipinski definition) is 3. The van der Waals surface area contributed by atoms with E-state index in [0.717, 1.165) is 22.8 Å². The molecule has 3 nitrogen and oxygen atoms in total. The van der Waals surface area contributed by atoms with E-state index in [9.17, 15) is 4.79 Å². The second-order valence-electron chi connectivity index (χ2n) is 4.85. The summed E-state index contributed by atoms with van der Waals surface area (Å²) in [6, 6.07) is 13.3. The predicted octanol–water partition coefficient (Wildman–Crippen LogP) is 4.53. The van der Waals surface area contributed by atoms with Gasteiger partial charge in [0.05, 0.1) is 12.9 Å². The first kappa shape index (κ1) is 16.7. The monoisotopic (exact) mass is 335 g/mol. The molecule has 2 aromatic carbocycles. The summed E-state index contributed by atoms with van der Waals surface area (Å²) in [6.07, 6.45) is 0. The molecule has 5 heteroatoms. The molecule has 0 aliphatic carbocycles. The van der Waals surface area contributed by atoms with Crippen molar-refractivity contribution in [1.29, 1.82) is 0 Å². The van der Waals surface area contributed by atoms with Crippen molar-refractivity contribution in [3.05, 3.63) is 58.6 Å². The van der Waals surface area contributed by atoms with Gasteiger partial charge in [-0.2, -0.15) is 0 Å². The third-order valence-corrected chi connectivity index (χ3v) is 4.36. The molecule has 0 radical (unpaired) electrons. The highest BCUT2D eigenvalue weighted by molar-refractivity contribution is 7.99. The largest absolute Gasteiger partial charge is 0.497 e. The van der Waals surface area contributed by atoms with Crippen LogP contribution in [0.1, 0.15) is 11.1 Å². The summed E-state index contributed by atoms with van der Waals surface area (Å²) in [7, 11) is 1.65. The van der Waals surface area contributed by atoms with E-state index in [-0.39, 0.29) is 5.91 Å². The number of halogens is 1. The molecule has 22 heavy (non-hydrogen) atoms. The minimum atomic E-state index is -0.0102. The molecule has 2 rings (SSSR count). The highest BCUT2D eigenvalue weighted by atomic mass is 35.5. The van der Waals surface area contributed by atoms with Crippen molar-refractivity contribution in [2.75, 3.05) is 18.2 Å². The number of nitrogens with one attached hydrogen (secondary N) is 1. The first-order chi connectivity index (χ1) is 10.6. The molecule has 0 fully saturated rings. The summed E-state index contributed by atoms with van der Waals surface area (Å²) >= 11 is 7.48. The third-order valence-electron chi connectivity index (χ3n) is 3.12. The summed E-state index contributed by atoms with van der Waals surface area (Å²) < 4.78 is 5.12. The number of carbonyl (C=O) groups is 1. The summed E-state index contributed by atoms with van der Waals surface area (Å²) in [4.78, 5) is 12.0. The lowest BCUT2D eigenvalue weighted by molar-refractivity contribution is -0.113. The van der Waals surface area contributed by atoms with Crippen LogP contribution in [0.4, 0.5) is 5.69 Å². The zero-order valence-corrected chi connectivity index (χ0v) is 14.1. The molecule has 0 aliphatic heterocycles. The molecular formula is C17H18ClNO2S. The smallest absolute Gasteiger partial charge is 0.234 e. The number of amides is 1. The maximum absolute atomic E-state index is 12.0. The molecule has 0 atom stereocenters. The number of ether oxygens (including phenoxy) is 1. The van der Waals surface area contributed by atoms with Crippen molar-refractivity contribution in [2.24, 2.45) is 0 Å². The van der Waals surface area contributed by atoms with Crippen LogP contribution in [-0.2, 0) is 10.5 Å². The van der Waals surface area contributed by atoms with E-state index >= 15 is 0 Å². The Bertz CT molecular complexity index is 644. The lowest BCUT2D eigenvalue weighted by atomic mass is 10.2. The topological polar surface area (TPSA) is 38.3 Å². The first-order valence-electron chi connectivity index (χ1n) is 6.85. The van der Waals surface area contributed by atoms with E-state index in [0.29, 0.717) is 10.8 Å². The van der Waals surface area contributed by atoms with Crippen molar-refractivity contribution in [1.82, 2.24) is 0 Å². The maximum atomic E-state index is 12.0. The van der Waals surface area contributed by atoms with E-state index < -0.39 is 0 Å². The molecule has 0 saturated carbocycles. The van der Waals surface area contributed by atoms with Crippen LogP contribution in [0.15, 0.2) is 42.5 Å². The van der Waals surface area contributed by atoms with Gasteiger partial charge >= 0.3 is 0 Å². The molecule has 0 aromatic heterocycles. The number of methoxy groups -OCH3 is 1. The number of anilines is 1. The highest BCUT2D eigenvalue weighted by Crippen LogP contribution is 2.20. The second-order valence-corrected chi connectivity index (χ2v) is 6.27. The number of thioether (sulfide) groups is 1. The average molecular weight is 336 g/mol. The van der Waals surface area contributed by atoms with Crippen LogP contribution in [0.25, 0.3) is 0 Å². The van der Waals surface area contributed by atoms with Gasteiger partial charge < -0.3 is 10.1 Å². The van der Waals surface area contributed by atoms with E-state index in [2.05, 4.69) is 5.32 Å². The van der Waals surface area contributed by atoms with Gasteiger partial charge in [-0.3, -0.25) is 4.79 Å². The molecule has 116 valence electrons. The Hall–Kier alpha value is -1.65. The lowest BCUT2D eigenvalue weighted by Gasteiger charge is -2.08. The van der Waals surface area contributed by atoms with Crippen LogP contribution in [0.2, 0.25) is 5.02 Å². The molecule has 0 saturated heterocycles. The van der Waals surface area contributed by atoms with Crippen molar-refractivity contribution in [2.45, 2.75) is 12.7 Å². The quantitative estimate of drug-likeness (QED) is 0.843. The summed E-state index contributed by atoms with van der Waals surface area (Å²) in [5.41, 5.74) is 2.93. The molecule has 2 aromatic rings. The molecule has 0 unspecified atom stereocenters. The Labute approximate surface area is 140 Å². The van der Waals surface area contributed by atoms with E-state index in [1.54, 1.807) is 24.9 Å². The molecule has 1 N–H and O–H groups in total. The van der Waals surface area contributed by atoms with Crippen LogP contribution < -0.4 is 10.1 Å². The number of aryl methyl sites for hydroxylation is 1. The van der Waals surface area contributed by atoms with E-state index in [1.165, 1.54) is 5.56 Å². The number of rotatable bonds is 6. The predicted molar refractivity (Wildman–Crippen MR) is 94.0 cm³/mol.